The highest BCUT2D eigenvalue weighted by molar-refractivity contribution is 7.80. The SMILES string of the molecule is C[C@H](NC(=O)[C@@H](N)CS)C(=O)N[C@@H](CCC(N)=O)C(=O)N[C@@H](CCCCN)C(=O)O. The van der Waals surface area contributed by atoms with E-state index in [1.54, 1.807) is 0 Å². The smallest absolute Gasteiger partial charge is 0.326 e. The summed E-state index contributed by atoms with van der Waals surface area (Å²) in [5.41, 5.74) is 16.0. The molecule has 0 aliphatic carbocycles. The number of nitrogens with two attached hydrogens (primary N) is 3. The molecule has 0 saturated carbocycles. The normalized spacial score (nSPS) is 14.7. The van der Waals surface area contributed by atoms with Gasteiger partial charge in [-0.25, -0.2) is 4.79 Å². The number of hydrogen-bond donors (Lipinski definition) is 8. The lowest BCUT2D eigenvalue weighted by molar-refractivity contribution is -0.142. The van der Waals surface area contributed by atoms with E-state index in [0.29, 0.717) is 19.4 Å². The lowest BCUT2D eigenvalue weighted by atomic mass is 10.1. The van der Waals surface area contributed by atoms with E-state index in [2.05, 4.69) is 28.6 Å². The van der Waals surface area contributed by atoms with Crippen molar-refractivity contribution in [2.24, 2.45) is 17.2 Å². The number of carbonyl (C=O) groups excluding carboxylic acids is 4. The van der Waals surface area contributed by atoms with E-state index in [0.717, 1.165) is 0 Å². The molecule has 0 aliphatic rings. The Morgan fingerprint density at radius 2 is 1.53 bits per heavy atom. The molecule has 0 fully saturated rings. The van der Waals surface area contributed by atoms with E-state index in [-0.39, 0.29) is 25.0 Å². The molecule has 0 bridgehead atoms. The molecule has 172 valence electrons. The summed E-state index contributed by atoms with van der Waals surface area (Å²) in [6, 6.07) is -4.35. The van der Waals surface area contributed by atoms with Gasteiger partial charge in [-0.15, -0.1) is 0 Å². The Labute approximate surface area is 180 Å². The summed E-state index contributed by atoms with van der Waals surface area (Å²) in [7, 11) is 0. The summed E-state index contributed by atoms with van der Waals surface area (Å²) in [5.74, 6) is -3.95. The summed E-state index contributed by atoms with van der Waals surface area (Å²) in [4.78, 5) is 59.2. The lowest BCUT2D eigenvalue weighted by Crippen LogP contribution is -2.56. The molecule has 10 N–H and O–H groups in total. The highest BCUT2D eigenvalue weighted by Gasteiger charge is 2.28. The molecule has 4 atom stereocenters. The third kappa shape index (κ3) is 11.0. The van der Waals surface area contributed by atoms with Crippen molar-refractivity contribution < 1.29 is 29.1 Å². The number of thiol groups is 1. The van der Waals surface area contributed by atoms with E-state index in [4.69, 9.17) is 17.2 Å². The number of hydrogen-bond acceptors (Lipinski definition) is 8. The van der Waals surface area contributed by atoms with Gasteiger partial charge in [0.2, 0.25) is 23.6 Å². The zero-order valence-electron chi connectivity index (χ0n) is 16.9. The molecular formula is C17H32N6O6S. The standard InChI is InChI=1S/C17H32N6O6S/c1-9(21-15(26)10(19)8-30)14(25)22-11(5-6-13(20)24)16(27)23-12(17(28)29)4-2-3-7-18/h9-12,30H,2-8,18-19H2,1H3,(H2,20,24)(H,21,26)(H,22,25)(H,23,27)(H,28,29)/t9-,10-,11-,12-/m0/s1. The van der Waals surface area contributed by atoms with Gasteiger partial charge in [0.25, 0.3) is 0 Å². The van der Waals surface area contributed by atoms with Crippen molar-refractivity contribution in [2.45, 2.75) is 63.2 Å². The van der Waals surface area contributed by atoms with Crippen molar-refractivity contribution in [1.82, 2.24) is 16.0 Å². The molecule has 13 heteroatoms. The Balaban J connectivity index is 5.12. The van der Waals surface area contributed by atoms with E-state index in [1.165, 1.54) is 6.92 Å². The van der Waals surface area contributed by atoms with Gasteiger partial charge in [0.15, 0.2) is 0 Å². The summed E-state index contributed by atoms with van der Waals surface area (Å²) in [6.45, 7) is 1.77. The van der Waals surface area contributed by atoms with Crippen LogP contribution in [0.15, 0.2) is 0 Å². The molecule has 0 heterocycles. The van der Waals surface area contributed by atoms with Crippen molar-refractivity contribution in [1.29, 1.82) is 0 Å². The Morgan fingerprint density at radius 3 is 2.03 bits per heavy atom. The maximum absolute atomic E-state index is 12.6. The molecule has 0 spiro atoms. The van der Waals surface area contributed by atoms with Crippen LogP contribution in [0, 0.1) is 0 Å². The van der Waals surface area contributed by atoms with E-state index in [1.807, 2.05) is 0 Å². The average Bonchev–Trinajstić information content (AvgIpc) is 2.68. The molecular weight excluding hydrogens is 416 g/mol. The van der Waals surface area contributed by atoms with Crippen LogP contribution in [-0.2, 0) is 24.0 Å². The highest BCUT2D eigenvalue weighted by Crippen LogP contribution is 2.04. The molecule has 4 amide bonds. The largest absolute Gasteiger partial charge is 0.480 e. The van der Waals surface area contributed by atoms with Gasteiger partial charge >= 0.3 is 5.97 Å². The Morgan fingerprint density at radius 1 is 0.933 bits per heavy atom. The summed E-state index contributed by atoms with van der Waals surface area (Å²) >= 11 is 3.90. The number of primary amides is 1. The maximum atomic E-state index is 12.6. The molecule has 0 aromatic carbocycles. The minimum Gasteiger partial charge on any atom is -0.480 e. The number of aliphatic carboxylic acids is 1. The number of carbonyl (C=O) groups is 5. The first kappa shape index (κ1) is 27.6. The molecule has 0 saturated heterocycles. The van der Waals surface area contributed by atoms with Gasteiger partial charge < -0.3 is 38.3 Å². The number of nitrogens with one attached hydrogen (secondary N) is 3. The van der Waals surface area contributed by atoms with Crippen LogP contribution in [0.25, 0.3) is 0 Å². The minimum atomic E-state index is -1.23. The van der Waals surface area contributed by atoms with Gasteiger partial charge in [0.1, 0.15) is 18.1 Å². The second-order valence-corrected chi connectivity index (χ2v) is 7.13. The predicted molar refractivity (Wildman–Crippen MR) is 112 cm³/mol. The molecule has 0 aromatic heterocycles. The van der Waals surface area contributed by atoms with Crippen LogP contribution in [-0.4, -0.2) is 71.2 Å². The number of unbranched alkanes of at least 4 members (excludes halogenated alkanes) is 1. The fraction of sp³-hybridized carbons (Fsp3) is 0.706. The van der Waals surface area contributed by atoms with Crippen molar-refractivity contribution in [3.05, 3.63) is 0 Å². The van der Waals surface area contributed by atoms with Crippen molar-refractivity contribution in [3.63, 3.8) is 0 Å². The van der Waals surface area contributed by atoms with Gasteiger partial charge in [-0.05, 0) is 39.2 Å². The Hall–Kier alpha value is -2.38. The van der Waals surface area contributed by atoms with Gasteiger partial charge in [-0.1, -0.05) is 0 Å². The zero-order chi connectivity index (χ0) is 23.3. The van der Waals surface area contributed by atoms with Crippen molar-refractivity contribution in [3.8, 4) is 0 Å². The second-order valence-electron chi connectivity index (χ2n) is 6.77. The fourth-order valence-electron chi connectivity index (χ4n) is 2.34. The van der Waals surface area contributed by atoms with E-state index in [9.17, 15) is 29.1 Å². The predicted octanol–water partition coefficient (Wildman–Crippen LogP) is -2.80. The molecule has 0 unspecified atom stereocenters. The number of carboxylic acids is 1. The molecule has 0 aliphatic heterocycles. The molecule has 0 radical (unpaired) electrons. The van der Waals surface area contributed by atoms with Gasteiger partial charge in [-0.2, -0.15) is 12.6 Å². The van der Waals surface area contributed by atoms with Crippen LogP contribution >= 0.6 is 12.6 Å². The first-order valence-corrected chi connectivity index (χ1v) is 10.1. The zero-order valence-corrected chi connectivity index (χ0v) is 17.8. The Kier molecular flexibility index (Phi) is 13.4. The van der Waals surface area contributed by atoms with Crippen LogP contribution in [0.5, 0.6) is 0 Å². The molecule has 12 nitrogen and oxygen atoms in total. The summed E-state index contributed by atoms with van der Waals surface area (Å²) in [6.07, 6.45) is 0.879. The summed E-state index contributed by atoms with van der Waals surface area (Å²) in [5, 5.41) is 16.4. The van der Waals surface area contributed by atoms with Crippen LogP contribution in [0.4, 0.5) is 0 Å². The number of rotatable bonds is 15. The van der Waals surface area contributed by atoms with Crippen molar-refractivity contribution in [2.75, 3.05) is 12.3 Å². The first-order chi connectivity index (χ1) is 14.0. The number of amides is 4. The third-order valence-electron chi connectivity index (χ3n) is 4.16. The molecule has 0 aromatic rings. The van der Waals surface area contributed by atoms with E-state index >= 15 is 0 Å². The highest BCUT2D eigenvalue weighted by atomic mass is 32.1. The van der Waals surface area contributed by atoms with Gasteiger partial charge in [0, 0.05) is 12.2 Å². The third-order valence-corrected chi connectivity index (χ3v) is 4.55. The number of carboxylic acid groups (broad SMARTS) is 1. The molecule has 30 heavy (non-hydrogen) atoms. The topological polar surface area (TPSA) is 220 Å². The fourth-order valence-corrected chi connectivity index (χ4v) is 2.51. The molecule has 0 rings (SSSR count). The van der Waals surface area contributed by atoms with Gasteiger partial charge in [-0.3, -0.25) is 19.2 Å². The van der Waals surface area contributed by atoms with Gasteiger partial charge in [0.05, 0.1) is 6.04 Å². The Bertz CT molecular complexity index is 620. The first-order valence-electron chi connectivity index (χ1n) is 9.52. The van der Waals surface area contributed by atoms with Crippen LogP contribution < -0.4 is 33.2 Å². The van der Waals surface area contributed by atoms with Crippen LogP contribution in [0.3, 0.4) is 0 Å². The quantitative estimate of drug-likeness (QED) is 0.0963. The van der Waals surface area contributed by atoms with Crippen LogP contribution in [0.2, 0.25) is 0 Å². The monoisotopic (exact) mass is 448 g/mol. The van der Waals surface area contributed by atoms with Crippen molar-refractivity contribution >= 4 is 42.2 Å². The summed E-state index contributed by atoms with van der Waals surface area (Å²) < 4.78 is 0. The minimum absolute atomic E-state index is 0.0740. The maximum Gasteiger partial charge on any atom is 0.326 e. The van der Waals surface area contributed by atoms with Crippen LogP contribution in [0.1, 0.15) is 39.0 Å². The average molecular weight is 449 g/mol. The second kappa shape index (κ2) is 14.6. The lowest BCUT2D eigenvalue weighted by Gasteiger charge is -2.23. The van der Waals surface area contributed by atoms with E-state index < -0.39 is 53.8 Å².